The molecule has 9 nitrogen and oxygen atoms in total. The molecule has 1 saturated carbocycles. The predicted octanol–water partition coefficient (Wildman–Crippen LogP) is 3.76. The van der Waals surface area contributed by atoms with E-state index in [1.807, 2.05) is 0 Å². The van der Waals surface area contributed by atoms with E-state index in [9.17, 15) is 18.0 Å². The Morgan fingerprint density at radius 1 is 1.26 bits per heavy atom. The number of piperazine rings is 1. The van der Waals surface area contributed by atoms with Gasteiger partial charge < -0.3 is 10.2 Å². The molecule has 1 saturated heterocycles. The van der Waals surface area contributed by atoms with Crippen molar-refractivity contribution in [1.82, 2.24) is 19.2 Å². The third-order valence-electron chi connectivity index (χ3n) is 6.25. The number of hydrogen-bond donors (Lipinski definition) is 1. The molecule has 1 atom stereocenters. The van der Waals surface area contributed by atoms with Gasteiger partial charge in [-0.25, -0.2) is 18.4 Å². The Kier molecular flexibility index (Phi) is 8.24. The fraction of sp³-hybridized carbons (Fsp3) is 0.524. The quantitative estimate of drug-likeness (QED) is 0.492. The van der Waals surface area contributed by atoms with Gasteiger partial charge in [-0.05, 0) is 34.3 Å². The van der Waals surface area contributed by atoms with Crippen molar-refractivity contribution >= 4 is 65.8 Å². The third-order valence-corrected chi connectivity index (χ3v) is 9.89. The molecule has 2 aliphatic rings. The summed E-state index contributed by atoms with van der Waals surface area (Å²) in [6.07, 6.45) is 8.83. The van der Waals surface area contributed by atoms with E-state index in [1.54, 1.807) is 11.6 Å². The number of halogens is 2. The highest BCUT2D eigenvalue weighted by Gasteiger charge is 2.39. The molecule has 0 spiro atoms. The van der Waals surface area contributed by atoms with Crippen LogP contribution in [0.5, 0.6) is 0 Å². The zero-order valence-electron chi connectivity index (χ0n) is 18.3. The van der Waals surface area contributed by atoms with Crippen molar-refractivity contribution < 1.29 is 18.0 Å². The van der Waals surface area contributed by atoms with Crippen LogP contribution in [0.3, 0.4) is 0 Å². The van der Waals surface area contributed by atoms with Gasteiger partial charge in [-0.1, -0.05) is 43.7 Å². The number of aromatic nitrogens is 2. The average Bonchev–Trinajstić information content (AvgIpc) is 3.33. The van der Waals surface area contributed by atoms with Crippen LogP contribution < -0.4 is 5.32 Å². The number of amides is 2. The van der Waals surface area contributed by atoms with Crippen LogP contribution in [0, 0.1) is 5.92 Å². The van der Waals surface area contributed by atoms with E-state index < -0.39 is 22.0 Å². The first-order valence-electron chi connectivity index (χ1n) is 11.1. The molecule has 2 amide bonds. The second-order valence-electron chi connectivity index (χ2n) is 8.45. The zero-order valence-corrected chi connectivity index (χ0v) is 22.3. The summed E-state index contributed by atoms with van der Waals surface area (Å²) in [7, 11) is -3.95. The topological polar surface area (TPSA) is 113 Å². The summed E-state index contributed by atoms with van der Waals surface area (Å²) in [5.74, 6) is -0.324. The summed E-state index contributed by atoms with van der Waals surface area (Å²) in [5, 5.41) is 5.22. The van der Waals surface area contributed by atoms with Gasteiger partial charge in [0.2, 0.25) is 21.8 Å². The predicted molar refractivity (Wildman–Crippen MR) is 133 cm³/mol. The molecule has 2 fully saturated rings. The third kappa shape index (κ3) is 5.78. The Morgan fingerprint density at radius 2 is 2.03 bits per heavy atom. The number of carbonyl (C=O) groups is 2. The van der Waals surface area contributed by atoms with Crippen LogP contribution >= 0.6 is 38.9 Å². The van der Waals surface area contributed by atoms with Crippen molar-refractivity contribution in [1.29, 1.82) is 0 Å². The largest absolute Gasteiger partial charge is 0.328 e. The zero-order chi connectivity index (χ0) is 24.3. The maximum Gasteiger partial charge on any atom is 0.248 e. The Labute approximate surface area is 216 Å². The van der Waals surface area contributed by atoms with Gasteiger partial charge in [0.1, 0.15) is 16.1 Å². The summed E-state index contributed by atoms with van der Waals surface area (Å²) < 4.78 is 27.7. The highest BCUT2D eigenvalue weighted by atomic mass is 79.9. The van der Waals surface area contributed by atoms with Crippen LogP contribution in [-0.4, -0.2) is 65.1 Å². The van der Waals surface area contributed by atoms with E-state index in [0.717, 1.165) is 30.0 Å². The number of anilines is 1. The lowest BCUT2D eigenvalue weighted by atomic mass is 9.84. The minimum atomic E-state index is -3.95. The number of nitrogens with one attached hydrogen (secondary N) is 1. The Bertz CT molecular complexity index is 1140. The van der Waals surface area contributed by atoms with Crippen molar-refractivity contribution in [2.24, 2.45) is 5.92 Å². The fourth-order valence-corrected chi connectivity index (χ4v) is 6.97. The molecular formula is C21H25BrClN5O4S2. The van der Waals surface area contributed by atoms with Crippen LogP contribution in [0.15, 0.2) is 33.2 Å². The number of hydrogen-bond acceptors (Lipinski definition) is 7. The summed E-state index contributed by atoms with van der Waals surface area (Å²) in [5.41, 5.74) is 0. The number of rotatable bonds is 7. The van der Waals surface area contributed by atoms with Gasteiger partial charge in [0.15, 0.2) is 5.13 Å². The van der Waals surface area contributed by atoms with Gasteiger partial charge in [-0.2, -0.15) is 4.31 Å². The molecule has 0 aromatic carbocycles. The SMILES string of the molecule is O=C(Nc1nccs1)[C@H](CC1CCCCC1)N1CCN(S(=O)(=O)c2cnc(Cl)c(Br)c2)CC1=O. The normalized spacial score (nSPS) is 19.2. The van der Waals surface area contributed by atoms with Crippen molar-refractivity contribution in [3.05, 3.63) is 33.5 Å². The van der Waals surface area contributed by atoms with Gasteiger partial charge in [-0.3, -0.25) is 9.59 Å². The molecule has 2 aromatic rings. The van der Waals surface area contributed by atoms with Gasteiger partial charge in [0.25, 0.3) is 0 Å². The van der Waals surface area contributed by atoms with Crippen molar-refractivity contribution in [3.8, 4) is 0 Å². The second-order valence-corrected chi connectivity index (χ2v) is 12.5. The van der Waals surface area contributed by atoms with Crippen LogP contribution in [0.25, 0.3) is 0 Å². The molecule has 0 radical (unpaired) electrons. The number of nitrogens with zero attached hydrogens (tertiary/aromatic N) is 4. The van der Waals surface area contributed by atoms with Gasteiger partial charge in [0, 0.05) is 30.9 Å². The lowest BCUT2D eigenvalue weighted by molar-refractivity contribution is -0.142. The summed E-state index contributed by atoms with van der Waals surface area (Å²) in [6, 6.07) is 0.699. The number of sulfonamides is 1. The van der Waals surface area contributed by atoms with E-state index >= 15 is 0 Å². The Morgan fingerprint density at radius 3 is 2.68 bits per heavy atom. The molecule has 184 valence electrons. The second kappa shape index (κ2) is 11.0. The monoisotopic (exact) mass is 589 g/mol. The van der Waals surface area contributed by atoms with E-state index in [2.05, 4.69) is 31.2 Å². The van der Waals surface area contributed by atoms with Gasteiger partial charge in [0.05, 0.1) is 11.0 Å². The van der Waals surface area contributed by atoms with Gasteiger partial charge >= 0.3 is 0 Å². The highest BCUT2D eigenvalue weighted by molar-refractivity contribution is 9.10. The summed E-state index contributed by atoms with van der Waals surface area (Å²) in [6.45, 7) is -0.128. The summed E-state index contributed by atoms with van der Waals surface area (Å²) in [4.78, 5) is 35.9. The van der Waals surface area contributed by atoms with Crippen LogP contribution in [0.2, 0.25) is 5.15 Å². The van der Waals surface area contributed by atoms with Crippen molar-refractivity contribution in [2.75, 3.05) is 25.0 Å². The molecule has 2 aromatic heterocycles. The fourth-order valence-electron chi connectivity index (χ4n) is 4.48. The highest BCUT2D eigenvalue weighted by Crippen LogP contribution is 2.31. The first-order chi connectivity index (χ1) is 16.3. The maximum absolute atomic E-state index is 13.2. The average molecular weight is 591 g/mol. The Hall–Kier alpha value is -1.60. The molecule has 0 bridgehead atoms. The van der Waals surface area contributed by atoms with Gasteiger partial charge in [-0.15, -0.1) is 11.3 Å². The van der Waals surface area contributed by atoms with Crippen molar-refractivity contribution in [3.63, 3.8) is 0 Å². The van der Waals surface area contributed by atoms with E-state index in [-0.39, 0.29) is 35.6 Å². The summed E-state index contributed by atoms with van der Waals surface area (Å²) >= 11 is 10.4. The molecule has 1 aliphatic heterocycles. The molecule has 34 heavy (non-hydrogen) atoms. The lowest BCUT2D eigenvalue weighted by Crippen LogP contribution is -2.58. The van der Waals surface area contributed by atoms with Crippen LogP contribution in [-0.2, 0) is 19.6 Å². The number of carbonyl (C=O) groups excluding carboxylic acids is 2. The molecule has 13 heteroatoms. The molecule has 0 unspecified atom stereocenters. The minimum absolute atomic E-state index is 0.0507. The van der Waals surface area contributed by atoms with E-state index in [1.165, 1.54) is 34.9 Å². The Balaban J connectivity index is 1.50. The smallest absolute Gasteiger partial charge is 0.248 e. The van der Waals surface area contributed by atoms with E-state index in [4.69, 9.17) is 11.6 Å². The molecule has 3 heterocycles. The number of thiazole rings is 1. The van der Waals surface area contributed by atoms with Crippen LogP contribution in [0.1, 0.15) is 38.5 Å². The first-order valence-corrected chi connectivity index (χ1v) is 14.6. The minimum Gasteiger partial charge on any atom is -0.328 e. The standard InChI is InChI=1S/C21H25BrClN5O4S2/c22-16-11-15(12-25-19(16)23)34(31,32)27-7-8-28(18(29)13-27)17(10-14-4-2-1-3-5-14)20(30)26-21-24-6-9-33-21/h6,9,11-12,14,17H,1-5,7-8,10,13H2,(H,24,26,30)/t17-/m0/s1. The molecular weight excluding hydrogens is 566 g/mol. The van der Waals surface area contributed by atoms with Crippen molar-refractivity contribution in [2.45, 2.75) is 49.5 Å². The lowest BCUT2D eigenvalue weighted by Gasteiger charge is -2.39. The van der Waals surface area contributed by atoms with E-state index in [0.29, 0.717) is 21.9 Å². The molecule has 1 aliphatic carbocycles. The maximum atomic E-state index is 13.2. The first kappa shape index (κ1) is 25.5. The molecule has 4 rings (SSSR count). The van der Waals surface area contributed by atoms with Crippen LogP contribution in [0.4, 0.5) is 5.13 Å². The molecule has 1 N–H and O–H groups in total. The number of pyridine rings is 1.